The fourth-order valence-electron chi connectivity index (χ4n) is 4.10. The number of likely N-dealkylation sites (tertiary alicyclic amines) is 1. The molecule has 1 saturated heterocycles. The third-order valence-corrected chi connectivity index (χ3v) is 5.66. The topological polar surface area (TPSA) is 78.9 Å². The molecule has 6 nitrogen and oxygen atoms in total. The molecule has 1 aromatic rings. The molecule has 0 spiro atoms. The van der Waals surface area contributed by atoms with E-state index in [1.54, 1.807) is 0 Å². The Bertz CT molecular complexity index is 643. The molecule has 6 heteroatoms. The first-order valence-electron chi connectivity index (χ1n) is 10.1. The van der Waals surface area contributed by atoms with E-state index in [4.69, 9.17) is 4.74 Å². The SMILES string of the molecule is O=C(O)C1CCCCC1C(=O)NCc1cccc(OCCN2CCCC2)c1. The maximum atomic E-state index is 12.5. The molecule has 2 fully saturated rings. The maximum Gasteiger partial charge on any atom is 0.307 e. The average Bonchev–Trinajstić information content (AvgIpc) is 3.20. The van der Waals surface area contributed by atoms with Crippen LogP contribution in [0.15, 0.2) is 24.3 Å². The van der Waals surface area contributed by atoms with Gasteiger partial charge in [-0.05, 0) is 56.5 Å². The standard InChI is InChI=1S/C21H30N2O4/c24-20(18-8-1-2-9-19(18)21(25)26)22-15-16-6-5-7-17(14-16)27-13-12-23-10-3-4-11-23/h5-7,14,18-19H,1-4,8-13,15H2,(H,22,24)(H,25,26). The van der Waals surface area contributed by atoms with Crippen LogP contribution in [-0.2, 0) is 16.1 Å². The second-order valence-electron chi connectivity index (χ2n) is 7.60. The van der Waals surface area contributed by atoms with Crippen molar-refractivity contribution in [3.8, 4) is 5.75 Å². The van der Waals surface area contributed by atoms with Gasteiger partial charge in [0.05, 0.1) is 11.8 Å². The van der Waals surface area contributed by atoms with E-state index in [-0.39, 0.29) is 5.91 Å². The third-order valence-electron chi connectivity index (χ3n) is 5.66. The molecule has 1 aliphatic heterocycles. The van der Waals surface area contributed by atoms with Gasteiger partial charge in [-0.15, -0.1) is 0 Å². The molecule has 0 aromatic heterocycles. The summed E-state index contributed by atoms with van der Waals surface area (Å²) in [5.74, 6) is -1.18. The second-order valence-corrected chi connectivity index (χ2v) is 7.60. The molecule has 1 amide bonds. The van der Waals surface area contributed by atoms with Crippen LogP contribution in [0.2, 0.25) is 0 Å². The highest BCUT2D eigenvalue weighted by atomic mass is 16.5. The highest BCUT2D eigenvalue weighted by Crippen LogP contribution is 2.30. The molecule has 0 bridgehead atoms. The number of ether oxygens (including phenoxy) is 1. The minimum absolute atomic E-state index is 0.151. The van der Waals surface area contributed by atoms with E-state index >= 15 is 0 Å². The number of nitrogens with one attached hydrogen (secondary N) is 1. The highest BCUT2D eigenvalue weighted by molar-refractivity contribution is 5.84. The van der Waals surface area contributed by atoms with E-state index < -0.39 is 17.8 Å². The van der Waals surface area contributed by atoms with Crippen LogP contribution in [0.5, 0.6) is 5.75 Å². The quantitative estimate of drug-likeness (QED) is 0.731. The smallest absolute Gasteiger partial charge is 0.307 e. The first-order valence-corrected chi connectivity index (χ1v) is 10.1. The van der Waals surface area contributed by atoms with E-state index in [1.165, 1.54) is 12.8 Å². The number of nitrogens with zero attached hydrogens (tertiary/aromatic N) is 1. The molecule has 0 radical (unpaired) electrons. The molecule has 2 unspecified atom stereocenters. The number of amides is 1. The van der Waals surface area contributed by atoms with Gasteiger partial charge in [0.2, 0.25) is 5.91 Å². The van der Waals surface area contributed by atoms with Crippen molar-refractivity contribution < 1.29 is 19.4 Å². The summed E-state index contributed by atoms with van der Waals surface area (Å²) >= 11 is 0. The fraction of sp³-hybridized carbons (Fsp3) is 0.619. The van der Waals surface area contributed by atoms with Crippen LogP contribution in [0.1, 0.15) is 44.1 Å². The molecule has 3 rings (SSSR count). The zero-order chi connectivity index (χ0) is 19.1. The molecule has 27 heavy (non-hydrogen) atoms. The van der Waals surface area contributed by atoms with E-state index in [0.717, 1.165) is 43.8 Å². The molecule has 2 atom stereocenters. The Balaban J connectivity index is 1.47. The molecular weight excluding hydrogens is 344 g/mol. The van der Waals surface area contributed by atoms with Crippen LogP contribution in [0, 0.1) is 11.8 Å². The van der Waals surface area contributed by atoms with Crippen molar-refractivity contribution in [2.75, 3.05) is 26.2 Å². The lowest BCUT2D eigenvalue weighted by Gasteiger charge is -2.27. The Labute approximate surface area is 160 Å². The second kappa shape index (κ2) is 9.74. The Hall–Kier alpha value is -2.08. The van der Waals surface area contributed by atoms with Crippen molar-refractivity contribution in [2.24, 2.45) is 11.8 Å². The number of rotatable bonds is 8. The lowest BCUT2D eigenvalue weighted by atomic mass is 9.78. The van der Waals surface area contributed by atoms with Crippen molar-refractivity contribution in [3.05, 3.63) is 29.8 Å². The van der Waals surface area contributed by atoms with Gasteiger partial charge in [-0.25, -0.2) is 0 Å². The van der Waals surface area contributed by atoms with Crippen LogP contribution in [0.25, 0.3) is 0 Å². The zero-order valence-electron chi connectivity index (χ0n) is 15.9. The van der Waals surface area contributed by atoms with E-state index in [1.807, 2.05) is 24.3 Å². The van der Waals surface area contributed by atoms with Gasteiger partial charge in [-0.1, -0.05) is 25.0 Å². The summed E-state index contributed by atoms with van der Waals surface area (Å²) in [7, 11) is 0. The number of hydrogen-bond acceptors (Lipinski definition) is 4. The minimum Gasteiger partial charge on any atom is -0.492 e. The summed E-state index contributed by atoms with van der Waals surface area (Å²) in [6.07, 6.45) is 5.60. The molecule has 1 aliphatic carbocycles. The predicted octanol–water partition coefficient (Wildman–Crippen LogP) is 2.67. The number of benzene rings is 1. The Morgan fingerprint density at radius 3 is 2.59 bits per heavy atom. The number of carboxylic acids is 1. The normalized spacial score (nSPS) is 23.1. The van der Waals surface area contributed by atoms with Crippen molar-refractivity contribution in [1.82, 2.24) is 10.2 Å². The zero-order valence-corrected chi connectivity index (χ0v) is 15.9. The summed E-state index contributed by atoms with van der Waals surface area (Å²) in [5, 5.41) is 12.3. The Morgan fingerprint density at radius 2 is 1.85 bits per heavy atom. The highest BCUT2D eigenvalue weighted by Gasteiger charge is 2.35. The Kier molecular flexibility index (Phi) is 7.10. The van der Waals surface area contributed by atoms with Crippen molar-refractivity contribution >= 4 is 11.9 Å². The first kappa shape index (κ1) is 19.7. The maximum absolute atomic E-state index is 12.5. The van der Waals surface area contributed by atoms with Crippen LogP contribution in [0.4, 0.5) is 0 Å². The van der Waals surface area contributed by atoms with E-state index in [2.05, 4.69) is 10.2 Å². The summed E-state index contributed by atoms with van der Waals surface area (Å²) < 4.78 is 5.85. The van der Waals surface area contributed by atoms with Crippen molar-refractivity contribution in [1.29, 1.82) is 0 Å². The largest absolute Gasteiger partial charge is 0.492 e. The average molecular weight is 374 g/mol. The number of hydrogen-bond donors (Lipinski definition) is 2. The predicted molar refractivity (Wildman–Crippen MR) is 103 cm³/mol. The van der Waals surface area contributed by atoms with Gasteiger partial charge in [0.25, 0.3) is 0 Å². The van der Waals surface area contributed by atoms with Crippen LogP contribution in [0.3, 0.4) is 0 Å². The van der Waals surface area contributed by atoms with Gasteiger partial charge in [0, 0.05) is 13.1 Å². The number of carboxylic acid groups (broad SMARTS) is 1. The molecule has 1 aromatic carbocycles. The van der Waals surface area contributed by atoms with Crippen LogP contribution >= 0.6 is 0 Å². The number of carbonyl (C=O) groups is 2. The lowest BCUT2D eigenvalue weighted by molar-refractivity contribution is -0.148. The van der Waals surface area contributed by atoms with Crippen LogP contribution in [-0.4, -0.2) is 48.1 Å². The van der Waals surface area contributed by atoms with Gasteiger partial charge in [0.1, 0.15) is 12.4 Å². The fourth-order valence-corrected chi connectivity index (χ4v) is 4.10. The van der Waals surface area contributed by atoms with E-state index in [9.17, 15) is 14.7 Å². The molecule has 2 N–H and O–H groups in total. The van der Waals surface area contributed by atoms with E-state index in [0.29, 0.717) is 26.0 Å². The summed E-state index contributed by atoms with van der Waals surface area (Å²) in [6.45, 7) is 4.32. The third kappa shape index (κ3) is 5.70. The summed E-state index contributed by atoms with van der Waals surface area (Å²) in [5.41, 5.74) is 0.963. The molecule has 2 aliphatic rings. The van der Waals surface area contributed by atoms with Gasteiger partial charge in [0.15, 0.2) is 0 Å². The van der Waals surface area contributed by atoms with Gasteiger partial charge >= 0.3 is 5.97 Å². The first-order chi connectivity index (χ1) is 13.1. The molecular formula is C21H30N2O4. The molecule has 1 heterocycles. The van der Waals surface area contributed by atoms with Gasteiger partial charge in [-0.3, -0.25) is 14.5 Å². The lowest BCUT2D eigenvalue weighted by Crippen LogP contribution is -2.39. The Morgan fingerprint density at radius 1 is 1.11 bits per heavy atom. The number of aliphatic carboxylic acids is 1. The van der Waals surface area contributed by atoms with Crippen molar-refractivity contribution in [3.63, 3.8) is 0 Å². The number of carbonyl (C=O) groups excluding carboxylic acids is 1. The monoisotopic (exact) mass is 374 g/mol. The minimum atomic E-state index is -0.858. The summed E-state index contributed by atoms with van der Waals surface area (Å²) in [6, 6.07) is 7.74. The van der Waals surface area contributed by atoms with Crippen molar-refractivity contribution in [2.45, 2.75) is 45.1 Å². The molecule has 1 saturated carbocycles. The van der Waals surface area contributed by atoms with Crippen LogP contribution < -0.4 is 10.1 Å². The van der Waals surface area contributed by atoms with Gasteiger partial charge < -0.3 is 15.2 Å². The molecule has 148 valence electrons. The van der Waals surface area contributed by atoms with Gasteiger partial charge in [-0.2, -0.15) is 0 Å². The summed E-state index contributed by atoms with van der Waals surface area (Å²) in [4.78, 5) is 26.3.